The maximum absolute atomic E-state index is 3.16. The van der Waals surface area contributed by atoms with Gasteiger partial charge in [0.25, 0.3) is 0 Å². The van der Waals surface area contributed by atoms with Crippen LogP contribution in [-0.4, -0.2) is 12.6 Å². The molecule has 0 radical (unpaired) electrons. The molecule has 1 aliphatic rings. The average molecular weight is 164 g/mol. The third-order valence-corrected chi connectivity index (χ3v) is 1.89. The summed E-state index contributed by atoms with van der Waals surface area (Å²) in [5.41, 5.74) is 7.30. The molecule has 2 nitrogen and oxygen atoms in total. The van der Waals surface area contributed by atoms with Crippen LogP contribution in [0.3, 0.4) is 0 Å². The average Bonchev–Trinajstić information content (AvgIpc) is 2.15. The van der Waals surface area contributed by atoms with Crippen LogP contribution >= 0.6 is 0 Å². The summed E-state index contributed by atoms with van der Waals surface area (Å²) in [6, 6.07) is 0. The molecule has 0 aromatic carbocycles. The molecule has 12 heavy (non-hydrogen) atoms. The predicted octanol–water partition coefficient (Wildman–Crippen LogP) is 1.54. The number of hydrogen-bond acceptors (Lipinski definition) is 2. The highest BCUT2D eigenvalue weighted by Gasteiger charge is 2.15. The van der Waals surface area contributed by atoms with Crippen LogP contribution in [0.5, 0.6) is 0 Å². The van der Waals surface area contributed by atoms with Gasteiger partial charge in [0.2, 0.25) is 0 Å². The molecule has 0 saturated carbocycles. The fraction of sp³-hybridized carbons (Fsp3) is 0.400. The van der Waals surface area contributed by atoms with Crippen molar-refractivity contribution in [1.29, 1.82) is 0 Å². The van der Waals surface area contributed by atoms with Crippen LogP contribution < -0.4 is 10.9 Å². The summed E-state index contributed by atoms with van der Waals surface area (Å²) in [4.78, 5) is 0. The molecular weight excluding hydrogens is 148 g/mol. The van der Waals surface area contributed by atoms with Crippen molar-refractivity contribution in [2.45, 2.75) is 19.4 Å². The molecule has 0 bridgehead atoms. The summed E-state index contributed by atoms with van der Waals surface area (Å²) in [6.45, 7) is 4.20. The molecule has 0 aromatic rings. The van der Waals surface area contributed by atoms with Crippen LogP contribution in [0.25, 0.3) is 0 Å². The topological polar surface area (TPSA) is 24.1 Å². The second-order valence-corrected chi connectivity index (χ2v) is 3.26. The van der Waals surface area contributed by atoms with Gasteiger partial charge in [-0.3, -0.25) is 5.43 Å². The molecule has 0 saturated heterocycles. The Kier molecular flexibility index (Phi) is 2.84. The molecule has 2 N–H and O–H groups in total. The molecule has 1 unspecified atom stereocenters. The Morgan fingerprint density at radius 1 is 1.33 bits per heavy atom. The van der Waals surface area contributed by atoms with Crippen molar-refractivity contribution in [3.8, 4) is 0 Å². The highest BCUT2D eigenvalue weighted by atomic mass is 15.4. The lowest BCUT2D eigenvalue weighted by molar-refractivity contribution is 0.464. The molecule has 0 aliphatic heterocycles. The summed E-state index contributed by atoms with van der Waals surface area (Å²) in [6.07, 6.45) is 10.5. The minimum atomic E-state index is -0.0803. The highest BCUT2D eigenvalue weighted by molar-refractivity contribution is 5.32. The van der Waals surface area contributed by atoms with Gasteiger partial charge in [0.1, 0.15) is 0 Å². The van der Waals surface area contributed by atoms with Gasteiger partial charge in [0, 0.05) is 0 Å². The summed E-state index contributed by atoms with van der Waals surface area (Å²) in [5.74, 6) is 0. The van der Waals surface area contributed by atoms with Gasteiger partial charge in [-0.25, -0.2) is 5.43 Å². The molecule has 1 rings (SSSR count). The molecule has 0 aromatic heterocycles. The maximum atomic E-state index is 3.16. The van der Waals surface area contributed by atoms with Gasteiger partial charge in [-0.15, -0.1) is 0 Å². The second-order valence-electron chi connectivity index (χ2n) is 3.26. The van der Waals surface area contributed by atoms with Crippen molar-refractivity contribution in [2.75, 3.05) is 7.05 Å². The lowest BCUT2D eigenvalue weighted by atomic mass is 10.0. The van der Waals surface area contributed by atoms with Gasteiger partial charge in [0.15, 0.2) is 0 Å². The van der Waals surface area contributed by atoms with Crippen LogP contribution in [-0.2, 0) is 0 Å². The molecule has 2 heteroatoms. The normalized spacial score (nSPS) is 28.4. The van der Waals surface area contributed by atoms with Gasteiger partial charge >= 0.3 is 0 Å². The largest absolute Gasteiger partial charge is 0.260 e. The quantitative estimate of drug-likeness (QED) is 0.605. The zero-order chi connectivity index (χ0) is 9.03. The minimum absolute atomic E-state index is 0.0803. The summed E-state index contributed by atoms with van der Waals surface area (Å²) >= 11 is 0. The first-order chi connectivity index (χ1) is 5.66. The van der Waals surface area contributed by atoms with Gasteiger partial charge in [-0.05, 0) is 20.9 Å². The van der Waals surface area contributed by atoms with Crippen molar-refractivity contribution < 1.29 is 0 Å². The van der Waals surface area contributed by atoms with Crippen molar-refractivity contribution in [1.82, 2.24) is 10.9 Å². The van der Waals surface area contributed by atoms with Crippen molar-refractivity contribution >= 4 is 0 Å². The van der Waals surface area contributed by atoms with Gasteiger partial charge < -0.3 is 0 Å². The Balaban J connectivity index is 2.77. The van der Waals surface area contributed by atoms with E-state index in [1.165, 1.54) is 5.57 Å². The Morgan fingerprint density at radius 3 is 2.75 bits per heavy atom. The zero-order valence-corrected chi connectivity index (χ0v) is 7.89. The van der Waals surface area contributed by atoms with E-state index >= 15 is 0 Å². The van der Waals surface area contributed by atoms with Gasteiger partial charge in [0.05, 0.1) is 5.54 Å². The fourth-order valence-electron chi connectivity index (χ4n) is 1.17. The number of allylic oxidation sites excluding steroid dienone is 4. The Morgan fingerprint density at radius 2 is 2.08 bits per heavy atom. The molecule has 0 spiro atoms. The fourth-order valence-corrected chi connectivity index (χ4v) is 1.17. The second kappa shape index (κ2) is 3.70. The van der Waals surface area contributed by atoms with Crippen LogP contribution in [0.2, 0.25) is 0 Å². The molecule has 1 aliphatic carbocycles. The van der Waals surface area contributed by atoms with E-state index in [-0.39, 0.29) is 5.54 Å². The summed E-state index contributed by atoms with van der Waals surface area (Å²) in [5, 5.41) is 0. The Bertz CT molecular complexity index is 238. The minimum Gasteiger partial charge on any atom is -0.260 e. The monoisotopic (exact) mass is 164 g/mol. The summed E-state index contributed by atoms with van der Waals surface area (Å²) < 4.78 is 0. The first-order valence-electron chi connectivity index (χ1n) is 4.15. The van der Waals surface area contributed by atoms with Gasteiger partial charge in [-0.2, -0.15) is 0 Å². The van der Waals surface area contributed by atoms with E-state index in [1.807, 2.05) is 7.05 Å². The number of hydrazine groups is 1. The van der Waals surface area contributed by atoms with E-state index < -0.39 is 0 Å². The standard InChI is InChI=1S/C10H16N2/c1-9-5-4-7-10(2,8-6-9)12-11-3/h4-8,11-12H,1-3H3. The van der Waals surface area contributed by atoms with E-state index in [2.05, 4.69) is 55.1 Å². The number of nitrogens with one attached hydrogen (secondary N) is 2. The number of rotatable bonds is 2. The van der Waals surface area contributed by atoms with E-state index in [9.17, 15) is 0 Å². The Labute approximate surface area is 74.0 Å². The molecule has 0 heterocycles. The van der Waals surface area contributed by atoms with E-state index in [0.717, 1.165) is 0 Å². The maximum Gasteiger partial charge on any atom is 0.0660 e. The third kappa shape index (κ3) is 2.32. The van der Waals surface area contributed by atoms with Gasteiger partial charge in [-0.1, -0.05) is 36.0 Å². The smallest absolute Gasteiger partial charge is 0.0660 e. The van der Waals surface area contributed by atoms with Crippen molar-refractivity contribution in [2.24, 2.45) is 0 Å². The van der Waals surface area contributed by atoms with Crippen molar-refractivity contribution in [3.05, 3.63) is 36.0 Å². The van der Waals surface area contributed by atoms with E-state index in [4.69, 9.17) is 0 Å². The Hall–Kier alpha value is -0.860. The lowest BCUT2D eigenvalue weighted by Gasteiger charge is -2.22. The third-order valence-electron chi connectivity index (χ3n) is 1.89. The molecule has 66 valence electrons. The predicted molar refractivity (Wildman–Crippen MR) is 52.6 cm³/mol. The first kappa shape index (κ1) is 9.23. The van der Waals surface area contributed by atoms with E-state index in [1.54, 1.807) is 0 Å². The van der Waals surface area contributed by atoms with Crippen LogP contribution in [0, 0.1) is 0 Å². The van der Waals surface area contributed by atoms with Crippen LogP contribution in [0.4, 0.5) is 0 Å². The molecular formula is C10H16N2. The SMILES string of the molecule is CNNC1(C)C=CC=C(C)C=C1. The van der Waals surface area contributed by atoms with Crippen LogP contribution in [0.1, 0.15) is 13.8 Å². The highest BCUT2D eigenvalue weighted by Crippen LogP contribution is 2.13. The number of hydrogen-bond donors (Lipinski definition) is 2. The summed E-state index contributed by atoms with van der Waals surface area (Å²) in [7, 11) is 1.87. The zero-order valence-electron chi connectivity index (χ0n) is 7.89. The van der Waals surface area contributed by atoms with Crippen molar-refractivity contribution in [3.63, 3.8) is 0 Å². The molecule has 1 atom stereocenters. The van der Waals surface area contributed by atoms with E-state index in [0.29, 0.717) is 0 Å². The molecule has 0 amide bonds. The van der Waals surface area contributed by atoms with Crippen LogP contribution in [0.15, 0.2) is 36.0 Å². The lowest BCUT2D eigenvalue weighted by Crippen LogP contribution is -2.45. The first-order valence-corrected chi connectivity index (χ1v) is 4.15. The molecule has 0 fully saturated rings.